The molecule has 1 rings (SSSR count). The lowest BCUT2D eigenvalue weighted by atomic mass is 10.5. The summed E-state index contributed by atoms with van der Waals surface area (Å²) in [4.78, 5) is 8.71. The van der Waals surface area contributed by atoms with Crippen molar-refractivity contribution in [2.24, 2.45) is 16.0 Å². The molecule has 0 aromatic rings. The van der Waals surface area contributed by atoms with Crippen LogP contribution in [0.25, 0.3) is 0 Å². The number of carboxylic acids is 1. The first-order valence-electron chi connectivity index (χ1n) is 2.20. The second kappa shape index (κ2) is 1.96. The smallest absolute Gasteiger partial charge is 0.359 e. The molecule has 0 aliphatic carbocycles. The Morgan fingerprint density at radius 3 is 2.78 bits per heavy atom. The van der Waals surface area contributed by atoms with Gasteiger partial charge < -0.3 is 5.11 Å². The maximum absolute atomic E-state index is 10.2. The van der Waals surface area contributed by atoms with Crippen LogP contribution < -0.4 is 5.73 Å². The van der Waals surface area contributed by atoms with Gasteiger partial charge >= 0.3 is 5.97 Å². The monoisotopic (exact) mass is 147 g/mol. The standard InChI is InChI=1S/C3H5N3O2S/c4-3(2(7)8)6-5-1-9-3/h1,4H2,(H,7,8). The van der Waals surface area contributed by atoms with Crippen molar-refractivity contribution in [2.45, 2.75) is 4.99 Å². The number of aliphatic carboxylic acids is 1. The summed E-state index contributed by atoms with van der Waals surface area (Å²) in [7, 11) is 0. The van der Waals surface area contributed by atoms with E-state index in [1.54, 1.807) is 0 Å². The highest BCUT2D eigenvalue weighted by Crippen LogP contribution is 2.27. The number of hydrogen-bond donors (Lipinski definition) is 2. The molecule has 0 saturated carbocycles. The lowest BCUT2D eigenvalue weighted by Crippen LogP contribution is -2.40. The van der Waals surface area contributed by atoms with Crippen LogP contribution in [-0.4, -0.2) is 21.9 Å². The van der Waals surface area contributed by atoms with E-state index >= 15 is 0 Å². The predicted molar refractivity (Wildman–Crippen MR) is 31.9 cm³/mol. The topological polar surface area (TPSA) is 88.0 Å². The minimum atomic E-state index is -1.51. The van der Waals surface area contributed by atoms with Crippen LogP contribution in [0.1, 0.15) is 0 Å². The molecule has 0 saturated heterocycles. The van der Waals surface area contributed by atoms with E-state index in [1.165, 1.54) is 0 Å². The van der Waals surface area contributed by atoms with Crippen LogP contribution in [0.15, 0.2) is 10.2 Å². The van der Waals surface area contributed by atoms with Crippen molar-refractivity contribution in [1.82, 2.24) is 0 Å². The molecule has 50 valence electrons. The van der Waals surface area contributed by atoms with Crippen molar-refractivity contribution in [3.8, 4) is 0 Å². The zero-order valence-electron chi connectivity index (χ0n) is 4.44. The summed E-state index contributed by atoms with van der Waals surface area (Å²) in [5, 5.41) is 15.1. The van der Waals surface area contributed by atoms with Crippen LogP contribution in [0.5, 0.6) is 0 Å². The fourth-order valence-electron chi connectivity index (χ4n) is 0.395. The van der Waals surface area contributed by atoms with E-state index in [1.807, 2.05) is 0 Å². The number of carbonyl (C=O) groups is 1. The first-order valence-corrected chi connectivity index (χ1v) is 3.18. The Bertz CT molecular complexity index is 170. The Balaban J connectivity index is 2.74. The molecule has 0 amide bonds. The maximum Gasteiger partial charge on any atom is 0.359 e. The van der Waals surface area contributed by atoms with Gasteiger partial charge in [-0.2, -0.15) is 5.11 Å². The minimum Gasteiger partial charge on any atom is -0.478 e. The van der Waals surface area contributed by atoms with Gasteiger partial charge in [-0.1, -0.05) is 11.8 Å². The molecule has 0 bridgehead atoms. The van der Waals surface area contributed by atoms with Gasteiger partial charge in [0.25, 0.3) is 4.99 Å². The summed E-state index contributed by atoms with van der Waals surface area (Å²) in [6.45, 7) is 0. The van der Waals surface area contributed by atoms with E-state index in [4.69, 9.17) is 10.8 Å². The number of nitrogens with two attached hydrogens (primary N) is 1. The molecule has 0 aromatic carbocycles. The lowest BCUT2D eigenvalue weighted by Gasteiger charge is -2.09. The van der Waals surface area contributed by atoms with Crippen molar-refractivity contribution >= 4 is 17.7 Å². The van der Waals surface area contributed by atoms with Crippen LogP contribution in [0.4, 0.5) is 0 Å². The molecule has 0 aromatic heterocycles. The van der Waals surface area contributed by atoms with Crippen molar-refractivity contribution < 1.29 is 9.90 Å². The minimum absolute atomic E-state index is 0.336. The Morgan fingerprint density at radius 1 is 1.89 bits per heavy atom. The summed E-state index contributed by atoms with van der Waals surface area (Å²) >= 11 is 0.998. The van der Waals surface area contributed by atoms with Crippen molar-refractivity contribution in [2.75, 3.05) is 5.88 Å². The lowest BCUT2D eigenvalue weighted by molar-refractivity contribution is -0.139. The molecule has 0 spiro atoms. The zero-order valence-corrected chi connectivity index (χ0v) is 5.26. The summed E-state index contributed by atoms with van der Waals surface area (Å²) in [5.41, 5.74) is 5.20. The van der Waals surface area contributed by atoms with Crippen molar-refractivity contribution in [3.63, 3.8) is 0 Å². The normalized spacial score (nSPS) is 33.0. The van der Waals surface area contributed by atoms with Gasteiger partial charge in [-0.05, 0) is 0 Å². The Labute approximate surface area is 55.3 Å². The van der Waals surface area contributed by atoms with Gasteiger partial charge in [-0.3, -0.25) is 5.73 Å². The highest BCUT2D eigenvalue weighted by Gasteiger charge is 2.37. The summed E-state index contributed by atoms with van der Waals surface area (Å²) < 4.78 is 0. The molecule has 6 heteroatoms. The summed E-state index contributed by atoms with van der Waals surface area (Å²) in [5.74, 6) is -0.809. The molecule has 0 radical (unpaired) electrons. The third kappa shape index (κ3) is 1.03. The van der Waals surface area contributed by atoms with Gasteiger partial charge in [0.15, 0.2) is 0 Å². The van der Waals surface area contributed by atoms with Gasteiger partial charge in [-0.25, -0.2) is 4.79 Å². The number of carboxylic acid groups (broad SMARTS) is 1. The zero-order chi connectivity index (χ0) is 6.91. The van der Waals surface area contributed by atoms with E-state index in [2.05, 4.69) is 10.2 Å². The van der Waals surface area contributed by atoms with E-state index in [0.29, 0.717) is 5.88 Å². The Morgan fingerprint density at radius 2 is 2.56 bits per heavy atom. The fraction of sp³-hybridized carbons (Fsp3) is 0.667. The molecular weight excluding hydrogens is 142 g/mol. The van der Waals surface area contributed by atoms with E-state index in [9.17, 15) is 4.79 Å². The van der Waals surface area contributed by atoms with Gasteiger partial charge in [0.05, 0.1) is 0 Å². The highest BCUT2D eigenvalue weighted by atomic mass is 32.2. The van der Waals surface area contributed by atoms with E-state index < -0.39 is 11.0 Å². The molecule has 1 unspecified atom stereocenters. The molecule has 1 atom stereocenters. The molecular formula is C3H5N3O2S. The molecule has 1 heterocycles. The molecule has 3 N–H and O–H groups in total. The maximum atomic E-state index is 10.2. The van der Waals surface area contributed by atoms with Crippen molar-refractivity contribution in [3.05, 3.63) is 0 Å². The first kappa shape index (κ1) is 6.50. The van der Waals surface area contributed by atoms with Gasteiger partial charge in [-0.15, -0.1) is 5.11 Å². The first-order chi connectivity index (χ1) is 4.15. The SMILES string of the molecule is NC1(C(=O)O)N=NCS1. The molecule has 5 nitrogen and oxygen atoms in total. The molecule has 9 heavy (non-hydrogen) atoms. The number of nitrogens with zero attached hydrogens (tertiary/aromatic N) is 2. The van der Waals surface area contributed by atoms with E-state index in [-0.39, 0.29) is 0 Å². The van der Waals surface area contributed by atoms with Crippen LogP contribution >= 0.6 is 11.8 Å². The summed E-state index contributed by atoms with van der Waals surface area (Å²) in [6, 6.07) is 0. The average molecular weight is 147 g/mol. The predicted octanol–water partition coefficient (Wildman–Crippen LogP) is -0.160. The van der Waals surface area contributed by atoms with E-state index in [0.717, 1.165) is 11.8 Å². The fourth-order valence-corrected chi connectivity index (χ4v) is 0.946. The average Bonchev–Trinajstić information content (AvgIpc) is 2.16. The molecule has 0 fully saturated rings. The van der Waals surface area contributed by atoms with Gasteiger partial charge in [0.1, 0.15) is 5.88 Å². The Hall–Kier alpha value is -0.620. The van der Waals surface area contributed by atoms with Gasteiger partial charge in [0.2, 0.25) is 0 Å². The van der Waals surface area contributed by atoms with Crippen LogP contribution in [0, 0.1) is 0 Å². The quantitative estimate of drug-likeness (QED) is 0.539. The van der Waals surface area contributed by atoms with Gasteiger partial charge in [0, 0.05) is 0 Å². The van der Waals surface area contributed by atoms with Crippen molar-refractivity contribution in [1.29, 1.82) is 0 Å². The Kier molecular flexibility index (Phi) is 1.42. The number of thioether (sulfide) groups is 1. The third-order valence-corrected chi connectivity index (χ3v) is 1.81. The molecule has 1 aliphatic heterocycles. The largest absolute Gasteiger partial charge is 0.478 e. The number of rotatable bonds is 1. The second-order valence-electron chi connectivity index (χ2n) is 1.52. The second-order valence-corrected chi connectivity index (χ2v) is 2.69. The summed E-state index contributed by atoms with van der Waals surface area (Å²) in [6.07, 6.45) is 0. The van der Waals surface area contributed by atoms with Crippen LogP contribution in [0.3, 0.4) is 0 Å². The highest BCUT2D eigenvalue weighted by molar-refractivity contribution is 8.01. The van der Waals surface area contributed by atoms with Crippen LogP contribution in [-0.2, 0) is 4.79 Å². The van der Waals surface area contributed by atoms with Crippen LogP contribution in [0.2, 0.25) is 0 Å². The number of hydrogen-bond acceptors (Lipinski definition) is 5. The molecule has 1 aliphatic rings. The number of azo groups is 1. The third-order valence-electron chi connectivity index (χ3n) is 0.868.